The zero-order valence-corrected chi connectivity index (χ0v) is 16.6. The van der Waals surface area contributed by atoms with E-state index in [4.69, 9.17) is 11.6 Å². The van der Waals surface area contributed by atoms with Crippen molar-refractivity contribution in [2.24, 2.45) is 19.2 Å². The highest BCUT2D eigenvalue weighted by molar-refractivity contribution is 7.99. The fraction of sp³-hybridized carbons (Fsp3) is 0.235. The highest BCUT2D eigenvalue weighted by atomic mass is 35.5. The summed E-state index contributed by atoms with van der Waals surface area (Å²) in [5.41, 5.74) is 5.11. The topological polar surface area (TPSA) is 90.0 Å². The van der Waals surface area contributed by atoms with Crippen molar-refractivity contribution in [1.82, 2.24) is 30.0 Å². The fourth-order valence-corrected chi connectivity index (χ4v) is 3.20. The lowest BCUT2D eigenvalue weighted by molar-refractivity contribution is -0.118. The molecule has 2 heterocycles. The Balaban J connectivity index is 1.56. The minimum Gasteiger partial charge on any atom is -0.305 e. The van der Waals surface area contributed by atoms with Crippen molar-refractivity contribution in [2.45, 2.75) is 12.1 Å². The summed E-state index contributed by atoms with van der Waals surface area (Å²) >= 11 is 7.20. The molecule has 3 rings (SSSR count). The third-order valence-corrected chi connectivity index (χ3v) is 4.99. The van der Waals surface area contributed by atoms with Crippen LogP contribution in [0.25, 0.3) is 11.4 Å². The van der Waals surface area contributed by atoms with Crippen LogP contribution < -0.4 is 5.43 Å². The average molecular weight is 404 g/mol. The molecular weight excluding hydrogens is 386 g/mol. The molecule has 1 aromatic carbocycles. The van der Waals surface area contributed by atoms with Crippen molar-refractivity contribution in [3.63, 3.8) is 0 Å². The SMILES string of the molecule is Cc1nn(C)cc1C=NNC(=O)CSc1nnc(-c2ccc(Cl)cc2)n1C. The Kier molecular flexibility index (Phi) is 5.92. The molecule has 8 nitrogen and oxygen atoms in total. The van der Waals surface area contributed by atoms with Crippen LogP contribution in [0.15, 0.2) is 40.7 Å². The molecule has 0 bridgehead atoms. The van der Waals surface area contributed by atoms with Crippen molar-refractivity contribution < 1.29 is 4.79 Å². The van der Waals surface area contributed by atoms with E-state index in [-0.39, 0.29) is 11.7 Å². The molecule has 0 aliphatic rings. The Bertz CT molecular complexity index is 978. The van der Waals surface area contributed by atoms with E-state index < -0.39 is 0 Å². The number of carbonyl (C=O) groups excluding carboxylic acids is 1. The van der Waals surface area contributed by atoms with Crippen molar-refractivity contribution in [2.75, 3.05) is 5.75 Å². The molecule has 0 saturated carbocycles. The van der Waals surface area contributed by atoms with Crippen molar-refractivity contribution in [3.8, 4) is 11.4 Å². The molecule has 10 heteroatoms. The summed E-state index contributed by atoms with van der Waals surface area (Å²) in [6.07, 6.45) is 3.41. The van der Waals surface area contributed by atoms with E-state index in [9.17, 15) is 4.79 Å². The minimum atomic E-state index is -0.228. The number of nitrogens with one attached hydrogen (secondary N) is 1. The Morgan fingerprint density at radius 2 is 2.04 bits per heavy atom. The number of carbonyl (C=O) groups is 1. The fourth-order valence-electron chi connectivity index (χ4n) is 2.37. The second-order valence-corrected chi connectivity index (χ2v) is 7.18. The van der Waals surface area contributed by atoms with Crippen molar-refractivity contribution in [3.05, 3.63) is 46.7 Å². The van der Waals surface area contributed by atoms with Crippen molar-refractivity contribution in [1.29, 1.82) is 0 Å². The van der Waals surface area contributed by atoms with E-state index >= 15 is 0 Å². The summed E-state index contributed by atoms with van der Waals surface area (Å²) < 4.78 is 3.53. The number of benzene rings is 1. The Morgan fingerprint density at radius 1 is 1.30 bits per heavy atom. The van der Waals surface area contributed by atoms with Gasteiger partial charge in [-0.1, -0.05) is 23.4 Å². The number of nitrogens with zero attached hydrogens (tertiary/aromatic N) is 6. The molecule has 2 aromatic heterocycles. The number of hydrogen-bond acceptors (Lipinski definition) is 6. The number of hydrazone groups is 1. The van der Waals surface area contributed by atoms with Gasteiger partial charge in [0.15, 0.2) is 11.0 Å². The van der Waals surface area contributed by atoms with Crippen LogP contribution >= 0.6 is 23.4 Å². The van der Waals surface area contributed by atoms with Gasteiger partial charge in [-0.2, -0.15) is 10.2 Å². The Labute approximate surface area is 165 Å². The van der Waals surface area contributed by atoms with Gasteiger partial charge in [0.2, 0.25) is 0 Å². The van der Waals surface area contributed by atoms with Gasteiger partial charge < -0.3 is 4.57 Å². The predicted octanol–water partition coefficient (Wildman–Crippen LogP) is 2.42. The maximum absolute atomic E-state index is 12.0. The quantitative estimate of drug-likeness (QED) is 0.388. The van der Waals surface area contributed by atoms with Crippen LogP contribution in [0.3, 0.4) is 0 Å². The van der Waals surface area contributed by atoms with Gasteiger partial charge in [-0.25, -0.2) is 5.43 Å². The van der Waals surface area contributed by atoms with Crippen LogP contribution in [0.4, 0.5) is 0 Å². The molecule has 0 spiro atoms. The minimum absolute atomic E-state index is 0.177. The van der Waals surface area contributed by atoms with E-state index in [1.165, 1.54) is 11.8 Å². The molecule has 0 atom stereocenters. The van der Waals surface area contributed by atoms with E-state index in [0.717, 1.165) is 16.8 Å². The number of aromatic nitrogens is 5. The molecule has 0 saturated heterocycles. The Hall–Kier alpha value is -2.65. The predicted molar refractivity (Wildman–Crippen MR) is 106 cm³/mol. The summed E-state index contributed by atoms with van der Waals surface area (Å²) in [5, 5.41) is 17.8. The van der Waals surface area contributed by atoms with Crippen LogP contribution in [-0.4, -0.2) is 42.4 Å². The normalized spacial score (nSPS) is 11.3. The van der Waals surface area contributed by atoms with Gasteiger partial charge in [0.25, 0.3) is 5.91 Å². The van der Waals surface area contributed by atoms with E-state index in [2.05, 4.69) is 25.8 Å². The van der Waals surface area contributed by atoms with Gasteiger partial charge in [0, 0.05) is 36.4 Å². The summed E-state index contributed by atoms with van der Waals surface area (Å²) in [6.45, 7) is 1.88. The summed E-state index contributed by atoms with van der Waals surface area (Å²) in [4.78, 5) is 12.0. The number of rotatable bonds is 6. The van der Waals surface area contributed by atoms with Gasteiger partial charge in [0.1, 0.15) is 0 Å². The number of thioether (sulfide) groups is 1. The second kappa shape index (κ2) is 8.36. The van der Waals surface area contributed by atoms with Crippen LogP contribution in [-0.2, 0) is 18.9 Å². The van der Waals surface area contributed by atoms with Gasteiger partial charge in [-0.05, 0) is 31.2 Å². The lowest BCUT2D eigenvalue weighted by atomic mass is 10.2. The second-order valence-electron chi connectivity index (χ2n) is 5.80. The number of aryl methyl sites for hydroxylation is 2. The molecule has 1 N–H and O–H groups in total. The monoisotopic (exact) mass is 403 g/mol. The van der Waals surface area contributed by atoms with Gasteiger partial charge in [-0.3, -0.25) is 9.48 Å². The van der Waals surface area contributed by atoms with Gasteiger partial charge in [-0.15, -0.1) is 10.2 Å². The number of hydrogen-bond donors (Lipinski definition) is 1. The standard InChI is InChI=1S/C17H18ClN7OS/c1-11-13(9-24(2)23-11)8-19-20-15(26)10-27-17-22-21-16(25(17)3)12-4-6-14(18)7-5-12/h4-9H,10H2,1-3H3,(H,20,26). The molecule has 27 heavy (non-hydrogen) atoms. The summed E-state index contributed by atoms with van der Waals surface area (Å²) in [5.74, 6) is 0.657. The van der Waals surface area contributed by atoms with E-state index in [1.807, 2.05) is 43.9 Å². The zero-order chi connectivity index (χ0) is 19.4. The average Bonchev–Trinajstić information content (AvgIpc) is 3.15. The molecule has 0 fully saturated rings. The molecular formula is C17H18ClN7OS. The number of amides is 1. The first kappa shape index (κ1) is 19.1. The third kappa shape index (κ3) is 4.75. The molecule has 1 amide bonds. The Morgan fingerprint density at radius 3 is 2.70 bits per heavy atom. The highest BCUT2D eigenvalue weighted by Crippen LogP contribution is 2.23. The molecule has 0 radical (unpaired) electrons. The first-order chi connectivity index (χ1) is 12.9. The van der Waals surface area contributed by atoms with Crippen LogP contribution in [0.2, 0.25) is 5.02 Å². The van der Waals surface area contributed by atoms with Crippen LogP contribution in [0, 0.1) is 6.92 Å². The van der Waals surface area contributed by atoms with Gasteiger partial charge >= 0.3 is 0 Å². The van der Waals surface area contributed by atoms with Crippen LogP contribution in [0.5, 0.6) is 0 Å². The smallest absolute Gasteiger partial charge is 0.250 e. The molecule has 3 aromatic rings. The lowest BCUT2D eigenvalue weighted by Crippen LogP contribution is -2.20. The number of halogens is 1. The molecule has 0 unspecified atom stereocenters. The van der Waals surface area contributed by atoms with Crippen molar-refractivity contribution >= 4 is 35.5 Å². The van der Waals surface area contributed by atoms with Crippen LogP contribution in [0.1, 0.15) is 11.3 Å². The first-order valence-electron chi connectivity index (χ1n) is 8.04. The molecule has 140 valence electrons. The largest absolute Gasteiger partial charge is 0.305 e. The van der Waals surface area contributed by atoms with E-state index in [1.54, 1.807) is 23.0 Å². The lowest BCUT2D eigenvalue weighted by Gasteiger charge is -2.03. The summed E-state index contributed by atoms with van der Waals surface area (Å²) in [7, 11) is 3.69. The zero-order valence-electron chi connectivity index (χ0n) is 15.0. The third-order valence-electron chi connectivity index (χ3n) is 3.71. The molecule has 0 aliphatic heterocycles. The summed E-state index contributed by atoms with van der Waals surface area (Å²) in [6, 6.07) is 7.35. The first-order valence-corrected chi connectivity index (χ1v) is 9.40. The molecule has 0 aliphatic carbocycles. The highest BCUT2D eigenvalue weighted by Gasteiger charge is 2.12. The maximum atomic E-state index is 12.0. The van der Waals surface area contributed by atoms with E-state index in [0.29, 0.717) is 16.0 Å². The maximum Gasteiger partial charge on any atom is 0.250 e. The van der Waals surface area contributed by atoms with Gasteiger partial charge in [0.05, 0.1) is 17.7 Å².